The first-order chi connectivity index (χ1) is 11.0. The Morgan fingerprint density at radius 2 is 1.74 bits per heavy atom. The fourth-order valence-corrected chi connectivity index (χ4v) is 2.09. The molecule has 4 nitrogen and oxygen atoms in total. The van der Waals surface area contributed by atoms with E-state index in [0.29, 0.717) is 17.8 Å². The van der Waals surface area contributed by atoms with Gasteiger partial charge < -0.3 is 10.1 Å². The summed E-state index contributed by atoms with van der Waals surface area (Å²) in [5.74, 6) is -1.18. The first kappa shape index (κ1) is 16.9. The monoisotopic (exact) mass is 320 g/mol. The van der Waals surface area contributed by atoms with Crippen molar-refractivity contribution in [3.63, 3.8) is 0 Å². The molecule has 0 fully saturated rings. The van der Waals surface area contributed by atoms with E-state index in [2.05, 4.69) is 15.4 Å². The van der Waals surface area contributed by atoms with E-state index in [-0.39, 0.29) is 6.04 Å². The van der Waals surface area contributed by atoms with E-state index < -0.39 is 17.7 Å². The van der Waals surface area contributed by atoms with Gasteiger partial charge in [0.2, 0.25) is 0 Å². The molecule has 0 unspecified atom stereocenters. The van der Waals surface area contributed by atoms with Crippen molar-refractivity contribution in [1.29, 1.82) is 0 Å². The molecule has 2 aromatic carbocycles. The van der Waals surface area contributed by atoms with E-state index in [1.165, 1.54) is 19.2 Å². The molecule has 0 spiro atoms. The van der Waals surface area contributed by atoms with Crippen LogP contribution >= 0.6 is 0 Å². The normalized spacial score (nSPS) is 11.8. The van der Waals surface area contributed by atoms with Gasteiger partial charge in [-0.05, 0) is 42.3 Å². The van der Waals surface area contributed by atoms with Gasteiger partial charge in [-0.2, -0.15) is 0 Å². The van der Waals surface area contributed by atoms with Gasteiger partial charge in [0, 0.05) is 24.3 Å². The average molecular weight is 320 g/mol. The lowest BCUT2D eigenvalue weighted by atomic mass is 10.1. The predicted molar refractivity (Wildman–Crippen MR) is 84.1 cm³/mol. The van der Waals surface area contributed by atoms with E-state index in [0.717, 1.165) is 11.6 Å². The van der Waals surface area contributed by atoms with Gasteiger partial charge in [-0.1, -0.05) is 12.1 Å². The Morgan fingerprint density at radius 1 is 1.13 bits per heavy atom. The summed E-state index contributed by atoms with van der Waals surface area (Å²) in [5.41, 5.74) is 2.15. The molecule has 0 aliphatic heterocycles. The van der Waals surface area contributed by atoms with E-state index in [4.69, 9.17) is 0 Å². The van der Waals surface area contributed by atoms with Crippen LogP contribution in [-0.2, 0) is 11.3 Å². The number of amides is 1. The Hall–Kier alpha value is -2.47. The van der Waals surface area contributed by atoms with Crippen molar-refractivity contribution in [2.75, 3.05) is 12.4 Å². The molecule has 0 saturated heterocycles. The number of hydrogen-bond acceptors (Lipinski definition) is 3. The average Bonchev–Trinajstić information content (AvgIpc) is 2.52. The van der Waals surface area contributed by atoms with Gasteiger partial charge in [-0.25, -0.2) is 13.6 Å². The molecule has 0 bridgehead atoms. The van der Waals surface area contributed by atoms with Gasteiger partial charge >= 0.3 is 6.09 Å². The van der Waals surface area contributed by atoms with Gasteiger partial charge in [0.15, 0.2) is 0 Å². The molecule has 0 heterocycles. The quantitative estimate of drug-likeness (QED) is 0.875. The van der Waals surface area contributed by atoms with E-state index >= 15 is 0 Å². The van der Waals surface area contributed by atoms with Crippen LogP contribution in [0.4, 0.5) is 19.3 Å². The van der Waals surface area contributed by atoms with Crippen LogP contribution in [0.15, 0.2) is 42.5 Å². The molecule has 0 saturated carbocycles. The standard InChI is InChI=1S/C17H18F2N2O2/c1-11(13-7-14(18)9-15(19)8-13)20-10-12-3-5-16(6-4-12)21-17(22)23-2/h3-9,11,20H,10H2,1-2H3,(H,21,22)/t11-/m1/s1. The highest BCUT2D eigenvalue weighted by Gasteiger charge is 2.08. The zero-order chi connectivity index (χ0) is 16.8. The molecule has 23 heavy (non-hydrogen) atoms. The van der Waals surface area contributed by atoms with Gasteiger partial charge in [-0.3, -0.25) is 5.32 Å². The van der Waals surface area contributed by atoms with Gasteiger partial charge in [-0.15, -0.1) is 0 Å². The zero-order valence-corrected chi connectivity index (χ0v) is 12.9. The van der Waals surface area contributed by atoms with Crippen LogP contribution in [-0.4, -0.2) is 13.2 Å². The Labute approximate surface area is 133 Å². The van der Waals surface area contributed by atoms with Crippen LogP contribution in [0.1, 0.15) is 24.1 Å². The minimum atomic E-state index is -0.591. The van der Waals surface area contributed by atoms with Gasteiger partial charge in [0.05, 0.1) is 7.11 Å². The third kappa shape index (κ3) is 5.03. The van der Waals surface area contributed by atoms with E-state index in [1.54, 1.807) is 12.1 Å². The maximum Gasteiger partial charge on any atom is 0.411 e. The molecule has 2 N–H and O–H groups in total. The third-order valence-electron chi connectivity index (χ3n) is 3.38. The minimum Gasteiger partial charge on any atom is -0.453 e. The van der Waals surface area contributed by atoms with Crippen LogP contribution in [0.5, 0.6) is 0 Å². The van der Waals surface area contributed by atoms with E-state index in [1.807, 2.05) is 19.1 Å². The Bertz CT molecular complexity index is 655. The molecule has 2 aromatic rings. The topological polar surface area (TPSA) is 50.4 Å². The lowest BCUT2D eigenvalue weighted by Crippen LogP contribution is -2.18. The number of ether oxygens (including phenoxy) is 1. The lowest BCUT2D eigenvalue weighted by Gasteiger charge is -2.15. The number of carbonyl (C=O) groups is 1. The van der Waals surface area contributed by atoms with Crippen molar-refractivity contribution in [3.8, 4) is 0 Å². The van der Waals surface area contributed by atoms with E-state index in [9.17, 15) is 13.6 Å². The van der Waals surface area contributed by atoms with Crippen LogP contribution in [0.25, 0.3) is 0 Å². The molecular formula is C17H18F2N2O2. The molecule has 6 heteroatoms. The number of halogens is 2. The number of rotatable bonds is 5. The summed E-state index contributed by atoms with van der Waals surface area (Å²) in [6.45, 7) is 2.36. The fourth-order valence-electron chi connectivity index (χ4n) is 2.09. The first-order valence-corrected chi connectivity index (χ1v) is 7.11. The van der Waals surface area contributed by atoms with Gasteiger partial charge in [0.1, 0.15) is 11.6 Å². The maximum atomic E-state index is 13.2. The Balaban J connectivity index is 1.93. The van der Waals surface area contributed by atoms with Crippen molar-refractivity contribution in [2.45, 2.75) is 19.5 Å². The van der Waals surface area contributed by atoms with Crippen molar-refractivity contribution in [3.05, 3.63) is 65.2 Å². The number of nitrogens with one attached hydrogen (secondary N) is 2. The number of benzene rings is 2. The lowest BCUT2D eigenvalue weighted by molar-refractivity contribution is 0.187. The summed E-state index contributed by atoms with van der Waals surface area (Å²) in [4.78, 5) is 11.1. The number of methoxy groups -OCH3 is 1. The van der Waals surface area contributed by atoms with Crippen LogP contribution in [0.2, 0.25) is 0 Å². The number of carbonyl (C=O) groups excluding carboxylic acids is 1. The molecule has 0 aromatic heterocycles. The largest absolute Gasteiger partial charge is 0.453 e. The summed E-state index contributed by atoms with van der Waals surface area (Å²) >= 11 is 0. The minimum absolute atomic E-state index is 0.201. The Kier molecular flexibility index (Phi) is 5.65. The Morgan fingerprint density at radius 3 is 2.30 bits per heavy atom. The summed E-state index contributed by atoms with van der Waals surface area (Å²) < 4.78 is 30.9. The van der Waals surface area contributed by atoms with Crippen molar-refractivity contribution >= 4 is 11.8 Å². The summed E-state index contributed by atoms with van der Waals surface area (Å²) in [6.07, 6.45) is -0.530. The second kappa shape index (κ2) is 7.69. The molecule has 2 rings (SSSR count). The summed E-state index contributed by atoms with van der Waals surface area (Å²) in [6, 6.07) is 10.5. The number of anilines is 1. The third-order valence-corrected chi connectivity index (χ3v) is 3.38. The van der Waals surface area contributed by atoms with Crippen molar-refractivity contribution < 1.29 is 18.3 Å². The summed E-state index contributed by atoms with van der Waals surface area (Å²) in [7, 11) is 1.30. The molecule has 0 aliphatic carbocycles. The molecule has 122 valence electrons. The van der Waals surface area contributed by atoms with Gasteiger partial charge in [0.25, 0.3) is 0 Å². The second-order valence-corrected chi connectivity index (χ2v) is 5.12. The SMILES string of the molecule is COC(=O)Nc1ccc(CN[C@H](C)c2cc(F)cc(F)c2)cc1. The maximum absolute atomic E-state index is 13.2. The smallest absolute Gasteiger partial charge is 0.411 e. The first-order valence-electron chi connectivity index (χ1n) is 7.11. The highest BCUT2D eigenvalue weighted by molar-refractivity contribution is 5.84. The fraction of sp³-hybridized carbons (Fsp3) is 0.235. The van der Waals surface area contributed by atoms with Crippen LogP contribution in [0.3, 0.4) is 0 Å². The predicted octanol–water partition coefficient (Wildman–Crippen LogP) is 3.99. The highest BCUT2D eigenvalue weighted by atomic mass is 19.1. The molecule has 0 aliphatic rings. The number of hydrogen-bond donors (Lipinski definition) is 2. The zero-order valence-electron chi connectivity index (χ0n) is 12.9. The molecule has 0 radical (unpaired) electrons. The van der Waals surface area contributed by atoms with Crippen molar-refractivity contribution in [1.82, 2.24) is 5.32 Å². The molecule has 1 atom stereocenters. The van der Waals surface area contributed by atoms with Crippen molar-refractivity contribution in [2.24, 2.45) is 0 Å². The molecule has 1 amide bonds. The highest BCUT2D eigenvalue weighted by Crippen LogP contribution is 2.17. The van der Waals surface area contributed by atoms with Crippen LogP contribution < -0.4 is 10.6 Å². The molecular weight excluding hydrogens is 302 g/mol. The summed E-state index contributed by atoms with van der Waals surface area (Å²) in [5, 5.41) is 5.75. The van der Waals surface area contributed by atoms with Crippen LogP contribution in [0, 0.1) is 11.6 Å². The second-order valence-electron chi connectivity index (χ2n) is 5.12.